The summed E-state index contributed by atoms with van der Waals surface area (Å²) in [6.45, 7) is 0.965. The van der Waals surface area contributed by atoms with Crippen molar-refractivity contribution in [3.63, 3.8) is 0 Å². The maximum atomic E-state index is 13.9. The van der Waals surface area contributed by atoms with Crippen LogP contribution in [0.3, 0.4) is 0 Å². The maximum absolute atomic E-state index is 13.9. The summed E-state index contributed by atoms with van der Waals surface area (Å²) in [6.07, 6.45) is 6.39. The Labute approximate surface area is 194 Å². The fraction of sp³-hybridized carbons (Fsp3) is 0.304. The van der Waals surface area contributed by atoms with E-state index < -0.39 is 11.6 Å². The minimum absolute atomic E-state index is 0.0940. The van der Waals surface area contributed by atoms with E-state index in [0.29, 0.717) is 35.5 Å². The van der Waals surface area contributed by atoms with Crippen LogP contribution in [0.5, 0.6) is 0 Å². The lowest BCUT2D eigenvalue weighted by atomic mass is 9.96. The number of aromatic nitrogens is 5. The minimum atomic E-state index is -0.944. The zero-order valence-corrected chi connectivity index (χ0v) is 18.3. The average molecular weight is 466 g/mol. The van der Waals surface area contributed by atoms with Crippen molar-refractivity contribution in [1.29, 1.82) is 0 Å². The van der Waals surface area contributed by atoms with Gasteiger partial charge in [-0.25, -0.2) is 23.7 Å². The molecule has 5 rings (SSSR count). The molecular formula is C23H24F2N8O. The zero-order valence-electron chi connectivity index (χ0n) is 18.3. The van der Waals surface area contributed by atoms with Gasteiger partial charge in [0, 0.05) is 18.2 Å². The molecule has 0 saturated carbocycles. The molecule has 34 heavy (non-hydrogen) atoms. The molecule has 176 valence electrons. The fourth-order valence-electron chi connectivity index (χ4n) is 4.51. The first-order valence-electron chi connectivity index (χ1n) is 10.9. The minimum Gasteiger partial charge on any atom is -0.394 e. The second kappa shape index (κ2) is 8.92. The molecule has 1 saturated heterocycles. The molecule has 4 aromatic rings. The normalized spacial score (nSPS) is 18.5. The summed E-state index contributed by atoms with van der Waals surface area (Å²) in [5.41, 5.74) is 15.9. The van der Waals surface area contributed by atoms with Gasteiger partial charge >= 0.3 is 0 Å². The van der Waals surface area contributed by atoms with E-state index >= 15 is 0 Å². The van der Waals surface area contributed by atoms with Crippen LogP contribution in [0, 0.1) is 11.6 Å². The van der Waals surface area contributed by atoms with Crippen LogP contribution in [0.2, 0.25) is 0 Å². The summed E-state index contributed by atoms with van der Waals surface area (Å²) >= 11 is 0. The van der Waals surface area contributed by atoms with Crippen molar-refractivity contribution in [2.24, 2.45) is 5.73 Å². The number of rotatable bonds is 5. The molecule has 2 atom stereocenters. The number of benzene rings is 1. The molecule has 1 aliphatic heterocycles. The van der Waals surface area contributed by atoms with Crippen molar-refractivity contribution in [2.75, 3.05) is 23.8 Å². The number of pyridine rings is 1. The van der Waals surface area contributed by atoms with Crippen LogP contribution >= 0.6 is 0 Å². The van der Waals surface area contributed by atoms with Crippen LogP contribution in [0.4, 0.5) is 20.3 Å². The first-order chi connectivity index (χ1) is 16.5. The van der Waals surface area contributed by atoms with E-state index in [4.69, 9.17) is 11.5 Å². The van der Waals surface area contributed by atoms with E-state index in [9.17, 15) is 13.9 Å². The van der Waals surface area contributed by atoms with E-state index in [1.165, 1.54) is 12.4 Å². The second-order valence-electron chi connectivity index (χ2n) is 8.38. The van der Waals surface area contributed by atoms with Crippen molar-refractivity contribution in [1.82, 2.24) is 24.5 Å². The Balaban J connectivity index is 1.62. The quantitative estimate of drug-likeness (QED) is 0.407. The van der Waals surface area contributed by atoms with Gasteiger partial charge < -0.3 is 26.0 Å². The third kappa shape index (κ3) is 3.93. The maximum Gasteiger partial charge on any atom is 0.165 e. The molecule has 0 aliphatic carbocycles. The number of nitrogens with two attached hydrogens (primary N) is 2. The molecule has 9 nitrogen and oxygen atoms in total. The Morgan fingerprint density at radius 2 is 1.94 bits per heavy atom. The molecule has 0 radical (unpaired) electrons. The van der Waals surface area contributed by atoms with Crippen molar-refractivity contribution in [3.05, 3.63) is 60.3 Å². The summed E-state index contributed by atoms with van der Waals surface area (Å²) in [7, 11) is 0. The number of aliphatic hydroxyl groups is 1. The molecule has 11 heteroatoms. The SMILES string of the molecule is Nc1ncnc2c1ncn2Cc1cc(-c2ccc(F)c(F)c2)ncc1N1CCC[C@@H](N)[C@H]1CO. The molecule has 4 heterocycles. The first-order valence-corrected chi connectivity index (χ1v) is 10.9. The molecule has 1 aliphatic rings. The average Bonchev–Trinajstić information content (AvgIpc) is 3.25. The Kier molecular flexibility index (Phi) is 5.80. The zero-order chi connectivity index (χ0) is 23.8. The van der Waals surface area contributed by atoms with E-state index in [-0.39, 0.29) is 24.5 Å². The van der Waals surface area contributed by atoms with Crippen LogP contribution in [0.15, 0.2) is 43.1 Å². The number of imidazole rings is 1. The topological polar surface area (TPSA) is 132 Å². The number of nitrogens with zero attached hydrogens (tertiary/aromatic N) is 6. The highest BCUT2D eigenvalue weighted by Gasteiger charge is 2.30. The number of fused-ring (bicyclic) bond motifs is 1. The van der Waals surface area contributed by atoms with E-state index in [1.54, 1.807) is 12.5 Å². The van der Waals surface area contributed by atoms with Crippen LogP contribution in [-0.4, -0.2) is 54.8 Å². The first kappa shape index (κ1) is 22.1. The highest BCUT2D eigenvalue weighted by atomic mass is 19.2. The Hall–Kier alpha value is -3.70. The number of hydrogen-bond donors (Lipinski definition) is 3. The number of anilines is 2. The predicted molar refractivity (Wildman–Crippen MR) is 124 cm³/mol. The smallest absolute Gasteiger partial charge is 0.165 e. The van der Waals surface area contributed by atoms with Crippen LogP contribution in [0.25, 0.3) is 22.4 Å². The molecule has 0 unspecified atom stereocenters. The summed E-state index contributed by atoms with van der Waals surface area (Å²) < 4.78 is 29.2. The monoisotopic (exact) mass is 466 g/mol. The van der Waals surface area contributed by atoms with Gasteiger partial charge in [0.05, 0.1) is 43.1 Å². The second-order valence-corrected chi connectivity index (χ2v) is 8.38. The number of hydrogen-bond acceptors (Lipinski definition) is 8. The van der Waals surface area contributed by atoms with Crippen LogP contribution in [0.1, 0.15) is 18.4 Å². The Morgan fingerprint density at radius 1 is 1.09 bits per heavy atom. The van der Waals surface area contributed by atoms with Gasteiger partial charge in [0.2, 0.25) is 0 Å². The van der Waals surface area contributed by atoms with Gasteiger partial charge in [0.25, 0.3) is 0 Å². The molecule has 1 aromatic carbocycles. The lowest BCUT2D eigenvalue weighted by Crippen LogP contribution is -2.54. The van der Waals surface area contributed by atoms with Gasteiger partial charge in [0.15, 0.2) is 23.1 Å². The highest BCUT2D eigenvalue weighted by molar-refractivity contribution is 5.81. The van der Waals surface area contributed by atoms with Gasteiger partial charge in [-0.2, -0.15) is 0 Å². The van der Waals surface area contributed by atoms with Gasteiger partial charge in [-0.1, -0.05) is 0 Å². The predicted octanol–water partition coefficient (Wildman–Crippen LogP) is 2.09. The summed E-state index contributed by atoms with van der Waals surface area (Å²) in [5.74, 6) is -1.58. The molecular weight excluding hydrogens is 442 g/mol. The number of nitrogen functional groups attached to an aromatic ring is 1. The summed E-state index contributed by atoms with van der Waals surface area (Å²) in [4.78, 5) is 19.2. The highest BCUT2D eigenvalue weighted by Crippen LogP contribution is 2.31. The lowest BCUT2D eigenvalue weighted by molar-refractivity contribution is 0.224. The van der Waals surface area contributed by atoms with Crippen LogP contribution in [-0.2, 0) is 6.54 Å². The van der Waals surface area contributed by atoms with E-state index in [2.05, 4.69) is 24.8 Å². The third-order valence-electron chi connectivity index (χ3n) is 6.28. The Morgan fingerprint density at radius 3 is 2.74 bits per heavy atom. The molecule has 0 amide bonds. The molecule has 5 N–H and O–H groups in total. The number of piperidine rings is 1. The standard InChI is InChI=1S/C23H24F2N8O/c24-15-4-3-13(6-16(15)25)18-7-14(9-32-12-31-21-22(27)29-11-30-23(21)32)19(8-28-18)33-5-1-2-17(26)20(33)10-34/h3-4,6-8,11-12,17,20,34H,1-2,5,9-10,26H2,(H2,27,29,30)/t17-,20-/m1/s1. The fourth-order valence-corrected chi connectivity index (χ4v) is 4.51. The van der Waals surface area contributed by atoms with Crippen molar-refractivity contribution < 1.29 is 13.9 Å². The Bertz CT molecular complexity index is 1340. The van der Waals surface area contributed by atoms with Gasteiger partial charge in [-0.15, -0.1) is 0 Å². The van der Waals surface area contributed by atoms with Gasteiger partial charge in [-0.3, -0.25) is 4.98 Å². The molecule has 1 fully saturated rings. The molecule has 0 spiro atoms. The number of aliphatic hydroxyl groups excluding tert-OH is 1. The van der Waals surface area contributed by atoms with Crippen molar-refractivity contribution >= 4 is 22.7 Å². The van der Waals surface area contributed by atoms with E-state index in [0.717, 1.165) is 36.2 Å². The lowest BCUT2D eigenvalue weighted by Gasteiger charge is -2.41. The summed E-state index contributed by atoms with van der Waals surface area (Å²) in [6, 6.07) is 5.06. The van der Waals surface area contributed by atoms with Crippen molar-refractivity contribution in [2.45, 2.75) is 31.5 Å². The van der Waals surface area contributed by atoms with Gasteiger partial charge in [0.1, 0.15) is 11.8 Å². The van der Waals surface area contributed by atoms with Crippen molar-refractivity contribution in [3.8, 4) is 11.3 Å². The molecule has 3 aromatic heterocycles. The van der Waals surface area contributed by atoms with Gasteiger partial charge in [-0.05, 0) is 42.7 Å². The largest absolute Gasteiger partial charge is 0.394 e. The van der Waals surface area contributed by atoms with E-state index in [1.807, 2.05) is 10.6 Å². The number of halogens is 2. The third-order valence-corrected chi connectivity index (χ3v) is 6.28. The molecule has 0 bridgehead atoms. The summed E-state index contributed by atoms with van der Waals surface area (Å²) in [5, 5.41) is 10.0. The van der Waals surface area contributed by atoms with Crippen LogP contribution < -0.4 is 16.4 Å².